The maximum Gasteiger partial charge on any atom is 0.238 e. The van der Waals surface area contributed by atoms with Gasteiger partial charge < -0.3 is 10.6 Å². The summed E-state index contributed by atoms with van der Waals surface area (Å²) in [4.78, 5) is 15.4. The van der Waals surface area contributed by atoms with Crippen LogP contribution in [0.1, 0.15) is 5.56 Å². The first-order chi connectivity index (χ1) is 8.04. The van der Waals surface area contributed by atoms with Gasteiger partial charge in [0.2, 0.25) is 5.91 Å². The molecule has 1 rings (SSSR count). The van der Waals surface area contributed by atoms with Crippen molar-refractivity contribution in [2.75, 3.05) is 18.4 Å². The minimum Gasteiger partial charge on any atom is -0.322 e. The molecule has 0 spiro atoms. The van der Waals surface area contributed by atoms with Gasteiger partial charge in [0.25, 0.3) is 0 Å². The molecule has 1 heterocycles. The standard InChI is InChI=1S/C11H13Cl2N3O/c1-3-4-14-6-9(17)16-10-7(2)5-8(12)15-11(10)13/h3,5,14H,1,4,6H2,2H3,(H,16,17). The Balaban J connectivity index is 2.68. The van der Waals surface area contributed by atoms with Gasteiger partial charge in [0.05, 0.1) is 12.2 Å². The number of nitrogens with zero attached hydrogens (tertiary/aromatic N) is 1. The van der Waals surface area contributed by atoms with Gasteiger partial charge >= 0.3 is 0 Å². The van der Waals surface area contributed by atoms with Crippen LogP contribution >= 0.6 is 23.2 Å². The van der Waals surface area contributed by atoms with Gasteiger partial charge in [0.1, 0.15) is 5.15 Å². The van der Waals surface area contributed by atoms with Gasteiger partial charge in [0, 0.05) is 6.54 Å². The molecule has 17 heavy (non-hydrogen) atoms. The van der Waals surface area contributed by atoms with E-state index in [1.54, 1.807) is 19.1 Å². The van der Waals surface area contributed by atoms with Gasteiger partial charge in [-0.25, -0.2) is 4.98 Å². The Hall–Kier alpha value is -1.10. The second kappa shape index (κ2) is 6.59. The molecule has 0 aliphatic rings. The largest absolute Gasteiger partial charge is 0.322 e. The van der Waals surface area contributed by atoms with Crippen molar-refractivity contribution in [3.63, 3.8) is 0 Å². The number of aromatic nitrogens is 1. The molecule has 1 aromatic heterocycles. The molecule has 0 bridgehead atoms. The first-order valence-electron chi connectivity index (χ1n) is 4.98. The summed E-state index contributed by atoms with van der Waals surface area (Å²) in [7, 11) is 0. The maximum absolute atomic E-state index is 11.5. The van der Waals surface area contributed by atoms with Crippen molar-refractivity contribution in [2.24, 2.45) is 0 Å². The number of carbonyl (C=O) groups excluding carboxylic acids is 1. The molecule has 0 aliphatic carbocycles. The lowest BCUT2D eigenvalue weighted by Gasteiger charge is -2.10. The first kappa shape index (κ1) is 14.0. The van der Waals surface area contributed by atoms with Gasteiger partial charge in [0.15, 0.2) is 5.15 Å². The van der Waals surface area contributed by atoms with E-state index in [2.05, 4.69) is 22.2 Å². The van der Waals surface area contributed by atoms with Gasteiger partial charge in [-0.15, -0.1) is 6.58 Å². The van der Waals surface area contributed by atoms with Crippen LogP contribution in [0.4, 0.5) is 5.69 Å². The Labute approximate surface area is 110 Å². The van der Waals surface area contributed by atoms with E-state index in [4.69, 9.17) is 23.2 Å². The predicted molar refractivity (Wildman–Crippen MR) is 70.7 cm³/mol. The highest BCUT2D eigenvalue weighted by molar-refractivity contribution is 6.34. The molecule has 0 aliphatic heterocycles. The maximum atomic E-state index is 11.5. The summed E-state index contributed by atoms with van der Waals surface area (Å²) in [6.07, 6.45) is 1.68. The average molecular weight is 274 g/mol. The molecule has 1 amide bonds. The summed E-state index contributed by atoms with van der Waals surface area (Å²) in [5, 5.41) is 6.05. The molecule has 4 nitrogen and oxygen atoms in total. The lowest BCUT2D eigenvalue weighted by Crippen LogP contribution is -2.28. The SMILES string of the molecule is C=CCNCC(=O)Nc1c(C)cc(Cl)nc1Cl. The van der Waals surface area contributed by atoms with Gasteiger partial charge in [-0.1, -0.05) is 29.3 Å². The molecular formula is C11H13Cl2N3O. The molecule has 0 saturated heterocycles. The topological polar surface area (TPSA) is 54.0 Å². The number of anilines is 1. The quantitative estimate of drug-likeness (QED) is 0.492. The third kappa shape index (κ3) is 4.34. The number of rotatable bonds is 5. The van der Waals surface area contributed by atoms with E-state index in [9.17, 15) is 4.79 Å². The van der Waals surface area contributed by atoms with Crippen molar-refractivity contribution in [1.82, 2.24) is 10.3 Å². The van der Waals surface area contributed by atoms with Crippen molar-refractivity contribution >= 4 is 34.8 Å². The van der Waals surface area contributed by atoms with Crippen molar-refractivity contribution in [1.29, 1.82) is 0 Å². The molecule has 6 heteroatoms. The van der Waals surface area contributed by atoms with E-state index in [1.165, 1.54) is 0 Å². The first-order valence-corrected chi connectivity index (χ1v) is 5.74. The Kier molecular flexibility index (Phi) is 5.41. The third-order valence-electron chi connectivity index (χ3n) is 1.98. The van der Waals surface area contributed by atoms with E-state index in [0.717, 1.165) is 5.56 Å². The zero-order chi connectivity index (χ0) is 12.8. The zero-order valence-electron chi connectivity index (χ0n) is 9.39. The molecular weight excluding hydrogens is 261 g/mol. The van der Waals surface area contributed by atoms with E-state index < -0.39 is 0 Å². The Morgan fingerprint density at radius 2 is 2.29 bits per heavy atom. The Morgan fingerprint density at radius 3 is 2.88 bits per heavy atom. The number of aryl methyl sites for hydroxylation is 1. The van der Waals surface area contributed by atoms with Gasteiger partial charge in [-0.05, 0) is 18.6 Å². The highest BCUT2D eigenvalue weighted by Crippen LogP contribution is 2.26. The van der Waals surface area contributed by atoms with Crippen LogP contribution in [0, 0.1) is 6.92 Å². The number of hydrogen-bond donors (Lipinski definition) is 2. The van der Waals surface area contributed by atoms with Crippen LogP contribution in [0.2, 0.25) is 10.3 Å². The summed E-state index contributed by atoms with van der Waals surface area (Å²) in [5.41, 5.74) is 1.26. The lowest BCUT2D eigenvalue weighted by atomic mass is 10.2. The normalized spacial score (nSPS) is 10.1. The molecule has 0 fully saturated rings. The summed E-state index contributed by atoms with van der Waals surface area (Å²) < 4.78 is 0. The van der Waals surface area contributed by atoms with E-state index in [-0.39, 0.29) is 17.6 Å². The van der Waals surface area contributed by atoms with Crippen LogP contribution in [0.5, 0.6) is 0 Å². The average Bonchev–Trinajstić information content (AvgIpc) is 2.24. The predicted octanol–water partition coefficient (Wildman–Crippen LogP) is 2.41. The summed E-state index contributed by atoms with van der Waals surface area (Å²) in [5.74, 6) is -0.194. The van der Waals surface area contributed by atoms with Crippen LogP contribution in [-0.4, -0.2) is 24.0 Å². The Morgan fingerprint density at radius 1 is 1.59 bits per heavy atom. The minimum absolute atomic E-state index is 0.185. The second-order valence-corrected chi connectivity index (χ2v) is 4.14. The highest BCUT2D eigenvalue weighted by atomic mass is 35.5. The van der Waals surface area contributed by atoms with Crippen molar-refractivity contribution in [3.8, 4) is 0 Å². The number of pyridine rings is 1. The molecule has 0 unspecified atom stereocenters. The fraction of sp³-hybridized carbons (Fsp3) is 0.273. The summed E-state index contributed by atoms with van der Waals surface area (Å²) >= 11 is 11.6. The number of carbonyl (C=O) groups is 1. The van der Waals surface area contributed by atoms with Gasteiger partial charge in [-0.3, -0.25) is 4.79 Å². The highest BCUT2D eigenvalue weighted by Gasteiger charge is 2.10. The number of hydrogen-bond acceptors (Lipinski definition) is 3. The molecule has 1 aromatic rings. The van der Waals surface area contributed by atoms with E-state index in [1.807, 2.05) is 0 Å². The zero-order valence-corrected chi connectivity index (χ0v) is 10.9. The van der Waals surface area contributed by atoms with Crippen LogP contribution in [0.3, 0.4) is 0 Å². The number of nitrogens with one attached hydrogen (secondary N) is 2. The fourth-order valence-electron chi connectivity index (χ4n) is 1.22. The molecule has 0 radical (unpaired) electrons. The van der Waals surface area contributed by atoms with Crippen molar-refractivity contribution in [3.05, 3.63) is 34.6 Å². The fourth-order valence-corrected chi connectivity index (χ4v) is 1.80. The lowest BCUT2D eigenvalue weighted by molar-refractivity contribution is -0.115. The second-order valence-electron chi connectivity index (χ2n) is 3.40. The molecule has 0 aromatic carbocycles. The molecule has 0 saturated carbocycles. The van der Waals surface area contributed by atoms with E-state index in [0.29, 0.717) is 17.4 Å². The molecule has 92 valence electrons. The molecule has 2 N–H and O–H groups in total. The Bertz CT molecular complexity index is 412. The monoisotopic (exact) mass is 273 g/mol. The molecule has 0 atom stereocenters. The number of halogens is 2. The van der Waals surface area contributed by atoms with E-state index >= 15 is 0 Å². The van der Waals surface area contributed by atoms with Crippen LogP contribution in [-0.2, 0) is 4.79 Å². The smallest absolute Gasteiger partial charge is 0.238 e. The number of amides is 1. The summed E-state index contributed by atoms with van der Waals surface area (Å²) in [6.45, 7) is 6.09. The van der Waals surface area contributed by atoms with Crippen molar-refractivity contribution < 1.29 is 4.79 Å². The van der Waals surface area contributed by atoms with Crippen LogP contribution in [0.25, 0.3) is 0 Å². The van der Waals surface area contributed by atoms with Gasteiger partial charge in [-0.2, -0.15) is 0 Å². The van der Waals surface area contributed by atoms with Crippen molar-refractivity contribution in [2.45, 2.75) is 6.92 Å². The summed E-state index contributed by atoms with van der Waals surface area (Å²) in [6, 6.07) is 1.64. The third-order valence-corrected chi connectivity index (χ3v) is 2.45. The van der Waals surface area contributed by atoms with Crippen LogP contribution < -0.4 is 10.6 Å². The van der Waals surface area contributed by atoms with Crippen LogP contribution in [0.15, 0.2) is 18.7 Å². The minimum atomic E-state index is -0.194.